The number of amides is 1. The van der Waals surface area contributed by atoms with Crippen LogP contribution in [0.25, 0.3) is 0 Å². The third-order valence-corrected chi connectivity index (χ3v) is 5.48. The quantitative estimate of drug-likeness (QED) is 0.662. The van der Waals surface area contributed by atoms with E-state index in [9.17, 15) is 4.79 Å². The summed E-state index contributed by atoms with van der Waals surface area (Å²) in [7, 11) is -1.30. The lowest BCUT2D eigenvalue weighted by molar-refractivity contribution is 0.0267. The highest BCUT2D eigenvalue weighted by atomic mass is 28.3. The summed E-state index contributed by atoms with van der Waals surface area (Å²) < 4.78 is 5.46. The fourth-order valence-corrected chi connectivity index (χ4v) is 4.45. The Kier molecular flexibility index (Phi) is 3.72. The van der Waals surface area contributed by atoms with Gasteiger partial charge in [-0.1, -0.05) is 19.6 Å². The van der Waals surface area contributed by atoms with Crippen LogP contribution in [0.5, 0.6) is 0 Å². The summed E-state index contributed by atoms with van der Waals surface area (Å²) in [6.45, 7) is 13.6. The zero-order chi connectivity index (χ0) is 12.6. The van der Waals surface area contributed by atoms with Gasteiger partial charge in [0.05, 0.1) is 8.07 Å². The first kappa shape index (κ1) is 13.6. The molecule has 1 unspecified atom stereocenters. The van der Waals surface area contributed by atoms with Gasteiger partial charge >= 0.3 is 6.09 Å². The van der Waals surface area contributed by atoms with E-state index in [1.54, 1.807) is 0 Å². The third-order valence-electron chi connectivity index (χ3n) is 2.88. The molecule has 0 aromatic heterocycles. The van der Waals surface area contributed by atoms with Crippen molar-refractivity contribution in [3.8, 4) is 0 Å². The molecular formula is C12H25NO2Si. The van der Waals surface area contributed by atoms with E-state index in [-0.39, 0.29) is 11.7 Å². The first-order valence-corrected chi connectivity index (χ1v) is 9.68. The van der Waals surface area contributed by atoms with Gasteiger partial charge in [0.15, 0.2) is 0 Å². The van der Waals surface area contributed by atoms with E-state index in [1.165, 1.54) is 0 Å². The predicted molar refractivity (Wildman–Crippen MR) is 69.3 cm³/mol. The van der Waals surface area contributed by atoms with Crippen LogP contribution >= 0.6 is 0 Å². The molecule has 0 N–H and O–H groups in total. The van der Waals surface area contributed by atoms with Crippen LogP contribution in [0.15, 0.2) is 0 Å². The number of nitrogens with zero attached hydrogens (tertiary/aromatic N) is 1. The van der Waals surface area contributed by atoms with Crippen molar-refractivity contribution in [1.29, 1.82) is 0 Å². The van der Waals surface area contributed by atoms with E-state index in [1.807, 2.05) is 25.7 Å². The van der Waals surface area contributed by atoms with E-state index in [4.69, 9.17) is 4.74 Å². The SMILES string of the molecule is CC(C)(C)OC(=O)N1CCCC1[Si](C)(C)C. The molecular weight excluding hydrogens is 218 g/mol. The molecule has 0 saturated carbocycles. The Morgan fingerprint density at radius 1 is 1.31 bits per heavy atom. The Hall–Kier alpha value is -0.513. The topological polar surface area (TPSA) is 29.5 Å². The van der Waals surface area contributed by atoms with Gasteiger partial charge in [0, 0.05) is 12.2 Å². The normalized spacial score (nSPS) is 22.4. The smallest absolute Gasteiger partial charge is 0.410 e. The molecule has 1 saturated heterocycles. The second-order valence-electron chi connectivity index (χ2n) is 6.70. The summed E-state index contributed by atoms with van der Waals surface area (Å²) >= 11 is 0. The van der Waals surface area contributed by atoms with Crippen molar-refractivity contribution in [3.05, 3.63) is 0 Å². The maximum atomic E-state index is 12.0. The van der Waals surface area contributed by atoms with E-state index in [0.29, 0.717) is 5.67 Å². The highest BCUT2D eigenvalue weighted by molar-refractivity contribution is 6.77. The maximum absolute atomic E-state index is 12.0. The molecule has 94 valence electrons. The fourth-order valence-electron chi connectivity index (χ4n) is 2.21. The largest absolute Gasteiger partial charge is 0.444 e. The van der Waals surface area contributed by atoms with Gasteiger partial charge in [0.1, 0.15) is 5.60 Å². The number of hydrogen-bond acceptors (Lipinski definition) is 2. The van der Waals surface area contributed by atoms with Crippen molar-refractivity contribution in [3.63, 3.8) is 0 Å². The molecule has 0 spiro atoms. The maximum Gasteiger partial charge on any atom is 0.410 e. The number of carbonyl (C=O) groups excluding carboxylic acids is 1. The molecule has 1 aliphatic rings. The Morgan fingerprint density at radius 3 is 2.31 bits per heavy atom. The van der Waals surface area contributed by atoms with Gasteiger partial charge in [-0.15, -0.1) is 0 Å². The summed E-state index contributed by atoms with van der Waals surface area (Å²) in [6, 6.07) is 0. The lowest BCUT2D eigenvalue weighted by Gasteiger charge is -2.34. The lowest BCUT2D eigenvalue weighted by atomic mass is 10.2. The number of ether oxygens (including phenoxy) is 1. The standard InChI is InChI=1S/C12H25NO2Si/c1-12(2,3)15-11(14)13-9-7-8-10(13)16(4,5)6/h10H,7-9H2,1-6H3. The van der Waals surface area contributed by atoms with Crippen LogP contribution in [-0.4, -0.2) is 36.9 Å². The Balaban J connectivity index is 2.69. The van der Waals surface area contributed by atoms with E-state index < -0.39 is 8.07 Å². The molecule has 1 amide bonds. The molecule has 16 heavy (non-hydrogen) atoms. The average Bonchev–Trinajstić information content (AvgIpc) is 2.45. The van der Waals surface area contributed by atoms with Crippen molar-refractivity contribution >= 4 is 14.2 Å². The average molecular weight is 243 g/mol. The monoisotopic (exact) mass is 243 g/mol. The van der Waals surface area contributed by atoms with Gasteiger partial charge in [0.25, 0.3) is 0 Å². The van der Waals surface area contributed by atoms with E-state index in [0.717, 1.165) is 19.4 Å². The van der Waals surface area contributed by atoms with Gasteiger partial charge in [-0.05, 0) is 33.6 Å². The lowest BCUT2D eigenvalue weighted by Crippen LogP contribution is -2.51. The predicted octanol–water partition coefficient (Wildman–Crippen LogP) is 3.26. The zero-order valence-corrected chi connectivity index (χ0v) is 12.5. The molecule has 1 heterocycles. The molecule has 0 aromatic rings. The van der Waals surface area contributed by atoms with Crippen molar-refractivity contribution < 1.29 is 9.53 Å². The van der Waals surface area contributed by atoms with Crippen molar-refractivity contribution in [2.75, 3.05) is 6.54 Å². The first-order valence-electron chi connectivity index (χ1n) is 6.11. The van der Waals surface area contributed by atoms with E-state index >= 15 is 0 Å². The summed E-state index contributed by atoms with van der Waals surface area (Å²) in [6.07, 6.45) is 2.14. The molecule has 3 nitrogen and oxygen atoms in total. The Bertz CT molecular complexity index is 265. The molecule has 0 aliphatic carbocycles. The Morgan fingerprint density at radius 2 is 1.88 bits per heavy atom. The second-order valence-corrected chi connectivity index (χ2v) is 12.1. The van der Waals surface area contributed by atoms with Crippen LogP contribution in [0.3, 0.4) is 0 Å². The molecule has 1 atom stereocenters. The van der Waals surface area contributed by atoms with Crippen molar-refractivity contribution in [2.45, 2.75) is 64.5 Å². The highest BCUT2D eigenvalue weighted by Gasteiger charge is 2.39. The summed E-state index contributed by atoms with van der Waals surface area (Å²) in [5, 5.41) is 0. The second kappa shape index (κ2) is 4.39. The van der Waals surface area contributed by atoms with Gasteiger partial charge in [0.2, 0.25) is 0 Å². The van der Waals surface area contributed by atoms with Crippen LogP contribution in [0.1, 0.15) is 33.6 Å². The number of rotatable bonds is 1. The molecule has 4 heteroatoms. The fraction of sp³-hybridized carbons (Fsp3) is 0.917. The van der Waals surface area contributed by atoms with Crippen molar-refractivity contribution in [2.24, 2.45) is 0 Å². The number of hydrogen-bond donors (Lipinski definition) is 0. The minimum Gasteiger partial charge on any atom is -0.444 e. The van der Waals surface area contributed by atoms with Gasteiger partial charge in [-0.25, -0.2) is 4.79 Å². The summed E-state index contributed by atoms with van der Waals surface area (Å²) in [5.41, 5.74) is 0.0614. The van der Waals surface area contributed by atoms with Gasteiger partial charge in [-0.2, -0.15) is 0 Å². The van der Waals surface area contributed by atoms with Crippen LogP contribution in [-0.2, 0) is 4.74 Å². The van der Waals surface area contributed by atoms with Gasteiger partial charge in [-0.3, -0.25) is 0 Å². The van der Waals surface area contributed by atoms with Crippen LogP contribution < -0.4 is 0 Å². The van der Waals surface area contributed by atoms with Crippen LogP contribution in [0.4, 0.5) is 4.79 Å². The Labute approximate surface area is 100 Å². The number of likely N-dealkylation sites (tertiary alicyclic amines) is 1. The zero-order valence-electron chi connectivity index (χ0n) is 11.5. The molecule has 1 aliphatic heterocycles. The molecule has 0 radical (unpaired) electrons. The molecule has 0 bridgehead atoms. The third kappa shape index (κ3) is 3.51. The minimum atomic E-state index is -1.30. The van der Waals surface area contributed by atoms with Crippen LogP contribution in [0.2, 0.25) is 19.6 Å². The summed E-state index contributed by atoms with van der Waals surface area (Å²) in [5.74, 6) is 0. The molecule has 1 fully saturated rings. The molecule has 1 rings (SSSR count). The van der Waals surface area contributed by atoms with E-state index in [2.05, 4.69) is 19.6 Å². The van der Waals surface area contributed by atoms with Crippen LogP contribution in [0, 0.1) is 0 Å². The highest BCUT2D eigenvalue weighted by Crippen LogP contribution is 2.27. The summed E-state index contributed by atoms with van der Waals surface area (Å²) in [4.78, 5) is 14.0. The minimum absolute atomic E-state index is 0.127. The van der Waals surface area contributed by atoms with Crippen molar-refractivity contribution in [1.82, 2.24) is 4.90 Å². The molecule has 0 aromatic carbocycles. The number of carbonyl (C=O) groups is 1. The van der Waals surface area contributed by atoms with Gasteiger partial charge < -0.3 is 9.64 Å². The first-order chi connectivity index (χ1) is 7.11.